The third-order valence-electron chi connectivity index (χ3n) is 3.74. The maximum absolute atomic E-state index is 8.87. The van der Waals surface area contributed by atoms with Crippen molar-refractivity contribution in [2.45, 2.75) is 18.8 Å². The SMILES string of the molecule is OCCc1ccc(OCC2Cc3ccccc32)cc1. The molecule has 0 amide bonds. The van der Waals surface area contributed by atoms with Crippen molar-refractivity contribution in [3.05, 3.63) is 65.2 Å². The summed E-state index contributed by atoms with van der Waals surface area (Å²) in [5.41, 5.74) is 4.03. The van der Waals surface area contributed by atoms with Gasteiger partial charge in [0.25, 0.3) is 0 Å². The van der Waals surface area contributed by atoms with E-state index in [1.54, 1.807) is 0 Å². The van der Waals surface area contributed by atoms with Crippen molar-refractivity contribution >= 4 is 0 Å². The van der Waals surface area contributed by atoms with Gasteiger partial charge in [0.05, 0.1) is 6.61 Å². The van der Waals surface area contributed by atoms with Gasteiger partial charge in [0.2, 0.25) is 0 Å². The highest BCUT2D eigenvalue weighted by Gasteiger charge is 2.25. The minimum Gasteiger partial charge on any atom is -0.493 e. The number of hydrogen-bond acceptors (Lipinski definition) is 2. The summed E-state index contributed by atoms with van der Waals surface area (Å²) >= 11 is 0. The second kappa shape index (κ2) is 5.45. The molecule has 2 nitrogen and oxygen atoms in total. The van der Waals surface area contributed by atoms with Gasteiger partial charge in [0.1, 0.15) is 5.75 Å². The van der Waals surface area contributed by atoms with Crippen molar-refractivity contribution < 1.29 is 9.84 Å². The van der Waals surface area contributed by atoms with E-state index in [0.717, 1.165) is 24.3 Å². The Balaban J connectivity index is 1.56. The first-order valence-corrected chi connectivity index (χ1v) is 6.77. The van der Waals surface area contributed by atoms with Gasteiger partial charge in [-0.05, 0) is 41.7 Å². The van der Waals surface area contributed by atoms with Crippen LogP contribution in [0.3, 0.4) is 0 Å². The fourth-order valence-corrected chi connectivity index (χ4v) is 2.59. The number of aliphatic hydroxyl groups is 1. The quantitative estimate of drug-likeness (QED) is 0.889. The van der Waals surface area contributed by atoms with Crippen LogP contribution in [0.15, 0.2) is 48.5 Å². The zero-order valence-electron chi connectivity index (χ0n) is 10.9. The number of benzene rings is 2. The Morgan fingerprint density at radius 3 is 2.58 bits per heavy atom. The topological polar surface area (TPSA) is 29.5 Å². The Bertz CT molecular complexity index is 545. The van der Waals surface area contributed by atoms with Gasteiger partial charge in [0, 0.05) is 12.5 Å². The van der Waals surface area contributed by atoms with Gasteiger partial charge >= 0.3 is 0 Å². The molecule has 3 rings (SSSR count). The lowest BCUT2D eigenvalue weighted by atomic mass is 9.78. The molecule has 0 radical (unpaired) electrons. The zero-order chi connectivity index (χ0) is 13.1. The van der Waals surface area contributed by atoms with Crippen molar-refractivity contribution in [2.75, 3.05) is 13.2 Å². The highest BCUT2D eigenvalue weighted by Crippen LogP contribution is 2.35. The maximum atomic E-state index is 8.87. The van der Waals surface area contributed by atoms with Gasteiger partial charge in [-0.15, -0.1) is 0 Å². The molecule has 0 saturated carbocycles. The summed E-state index contributed by atoms with van der Waals surface area (Å²) in [7, 11) is 0. The predicted octanol–water partition coefficient (Wildman–Crippen LogP) is 2.94. The summed E-state index contributed by atoms with van der Waals surface area (Å²) in [5, 5.41) is 8.87. The third kappa shape index (κ3) is 2.64. The molecule has 2 aromatic rings. The van der Waals surface area contributed by atoms with E-state index in [0.29, 0.717) is 12.3 Å². The molecule has 0 heterocycles. The predicted molar refractivity (Wildman–Crippen MR) is 75.6 cm³/mol. The summed E-state index contributed by atoms with van der Waals surface area (Å²) in [6, 6.07) is 16.6. The molecule has 1 aliphatic carbocycles. The highest BCUT2D eigenvalue weighted by atomic mass is 16.5. The van der Waals surface area contributed by atoms with E-state index in [1.807, 2.05) is 24.3 Å². The van der Waals surface area contributed by atoms with Crippen molar-refractivity contribution in [2.24, 2.45) is 0 Å². The van der Waals surface area contributed by atoms with Gasteiger partial charge < -0.3 is 9.84 Å². The van der Waals surface area contributed by atoms with Crippen molar-refractivity contribution in [3.8, 4) is 5.75 Å². The molecular weight excluding hydrogens is 236 g/mol. The van der Waals surface area contributed by atoms with Gasteiger partial charge in [-0.3, -0.25) is 0 Å². The molecule has 1 atom stereocenters. The molecule has 2 aromatic carbocycles. The van der Waals surface area contributed by atoms with E-state index in [1.165, 1.54) is 11.1 Å². The van der Waals surface area contributed by atoms with Crippen LogP contribution in [0.5, 0.6) is 5.75 Å². The summed E-state index contributed by atoms with van der Waals surface area (Å²) in [5.74, 6) is 1.44. The summed E-state index contributed by atoms with van der Waals surface area (Å²) in [4.78, 5) is 0. The van der Waals surface area contributed by atoms with Crippen LogP contribution in [0.2, 0.25) is 0 Å². The number of ether oxygens (including phenoxy) is 1. The molecule has 19 heavy (non-hydrogen) atoms. The number of aliphatic hydroxyl groups excluding tert-OH is 1. The fraction of sp³-hybridized carbons (Fsp3) is 0.294. The lowest BCUT2D eigenvalue weighted by molar-refractivity contribution is 0.275. The third-order valence-corrected chi connectivity index (χ3v) is 3.74. The van der Waals surface area contributed by atoms with E-state index in [-0.39, 0.29) is 6.61 Å². The Kier molecular flexibility index (Phi) is 3.51. The van der Waals surface area contributed by atoms with E-state index >= 15 is 0 Å². The fourth-order valence-electron chi connectivity index (χ4n) is 2.59. The van der Waals surface area contributed by atoms with Crippen LogP contribution in [-0.2, 0) is 12.8 Å². The van der Waals surface area contributed by atoms with Crippen LogP contribution in [-0.4, -0.2) is 18.3 Å². The van der Waals surface area contributed by atoms with Gasteiger partial charge in [-0.25, -0.2) is 0 Å². The number of rotatable bonds is 5. The summed E-state index contributed by atoms with van der Waals surface area (Å²) in [6.07, 6.45) is 1.83. The normalized spacial score (nSPS) is 16.6. The Hall–Kier alpha value is -1.80. The van der Waals surface area contributed by atoms with E-state index in [4.69, 9.17) is 9.84 Å². The first-order valence-electron chi connectivity index (χ1n) is 6.77. The Morgan fingerprint density at radius 2 is 1.84 bits per heavy atom. The Labute approximate surface area is 113 Å². The van der Waals surface area contributed by atoms with Crippen molar-refractivity contribution in [3.63, 3.8) is 0 Å². The summed E-state index contributed by atoms with van der Waals surface area (Å²) < 4.78 is 5.84. The molecule has 0 aliphatic heterocycles. The molecule has 2 heteroatoms. The van der Waals surface area contributed by atoms with E-state index in [2.05, 4.69) is 24.3 Å². The van der Waals surface area contributed by atoms with Gasteiger partial charge in [0.15, 0.2) is 0 Å². The molecule has 0 saturated heterocycles. The minimum absolute atomic E-state index is 0.194. The standard InChI is InChI=1S/C17H18O2/c18-10-9-13-5-7-16(8-6-13)19-12-15-11-14-3-1-2-4-17(14)15/h1-8,15,18H,9-12H2. The van der Waals surface area contributed by atoms with Crippen LogP contribution in [0.4, 0.5) is 0 Å². The van der Waals surface area contributed by atoms with Crippen LogP contribution < -0.4 is 4.74 Å². The van der Waals surface area contributed by atoms with Crippen LogP contribution >= 0.6 is 0 Å². The maximum Gasteiger partial charge on any atom is 0.119 e. The molecule has 0 bridgehead atoms. The smallest absolute Gasteiger partial charge is 0.119 e. The van der Waals surface area contributed by atoms with E-state index in [9.17, 15) is 0 Å². The lowest BCUT2D eigenvalue weighted by Crippen LogP contribution is -2.23. The molecule has 1 aliphatic rings. The van der Waals surface area contributed by atoms with Crippen LogP contribution in [0, 0.1) is 0 Å². The highest BCUT2D eigenvalue weighted by molar-refractivity contribution is 5.40. The second-order valence-electron chi connectivity index (χ2n) is 5.03. The first kappa shape index (κ1) is 12.2. The molecule has 0 aromatic heterocycles. The number of hydrogen-bond donors (Lipinski definition) is 1. The summed E-state index contributed by atoms with van der Waals surface area (Å²) in [6.45, 7) is 0.940. The van der Waals surface area contributed by atoms with Crippen LogP contribution in [0.1, 0.15) is 22.6 Å². The molecular formula is C17H18O2. The van der Waals surface area contributed by atoms with Gasteiger partial charge in [-0.1, -0.05) is 36.4 Å². The first-order chi connectivity index (χ1) is 9.36. The van der Waals surface area contributed by atoms with Crippen molar-refractivity contribution in [1.82, 2.24) is 0 Å². The van der Waals surface area contributed by atoms with E-state index < -0.39 is 0 Å². The molecule has 98 valence electrons. The molecule has 1 unspecified atom stereocenters. The number of fused-ring (bicyclic) bond motifs is 1. The monoisotopic (exact) mass is 254 g/mol. The molecule has 0 spiro atoms. The second-order valence-corrected chi connectivity index (χ2v) is 5.03. The molecule has 0 fully saturated rings. The molecule has 1 N–H and O–H groups in total. The van der Waals surface area contributed by atoms with Gasteiger partial charge in [-0.2, -0.15) is 0 Å². The zero-order valence-corrected chi connectivity index (χ0v) is 10.9. The van der Waals surface area contributed by atoms with Crippen molar-refractivity contribution in [1.29, 1.82) is 0 Å². The minimum atomic E-state index is 0.194. The largest absolute Gasteiger partial charge is 0.493 e. The average molecular weight is 254 g/mol. The lowest BCUT2D eigenvalue weighted by Gasteiger charge is -2.29. The average Bonchev–Trinajstić information content (AvgIpc) is 2.42. The van der Waals surface area contributed by atoms with Crippen LogP contribution in [0.25, 0.3) is 0 Å². The Morgan fingerprint density at radius 1 is 1.05 bits per heavy atom.